The average molecular weight is 482 g/mol. The monoisotopic (exact) mass is 481 g/mol. The lowest BCUT2D eigenvalue weighted by Crippen LogP contribution is -2.39. The number of likely N-dealkylation sites (tertiary alicyclic amines) is 1. The molecule has 158 valence electrons. The lowest BCUT2D eigenvalue weighted by atomic mass is 9.59. The van der Waals surface area contributed by atoms with Crippen molar-refractivity contribution in [2.45, 2.75) is 25.7 Å². The predicted octanol–water partition coefficient (Wildman–Crippen LogP) is 3.17. The molecule has 0 saturated carbocycles. The molecule has 4 aliphatic rings. The minimum atomic E-state index is -0.534. The van der Waals surface area contributed by atoms with Crippen LogP contribution in [0.3, 0.4) is 0 Å². The van der Waals surface area contributed by atoms with E-state index in [0.29, 0.717) is 29.7 Å². The molecule has 6 nitrogen and oxygen atoms in total. The number of nitrogens with zero attached hydrogens (tertiary/aromatic N) is 1. The van der Waals surface area contributed by atoms with Gasteiger partial charge in [0.25, 0.3) is 0 Å². The van der Waals surface area contributed by atoms with Gasteiger partial charge in [0.15, 0.2) is 11.6 Å². The van der Waals surface area contributed by atoms with Gasteiger partial charge in [-0.2, -0.15) is 0 Å². The Bertz CT molecular complexity index is 1160. The summed E-state index contributed by atoms with van der Waals surface area (Å²) < 4.78 is 0.203. The number of hydrogen-bond acceptors (Lipinski definition) is 5. The van der Waals surface area contributed by atoms with Crippen molar-refractivity contribution in [1.29, 1.82) is 0 Å². The standard InChI is InChI=1S/C24H20BrNO5/c1-2-26-23(30)14-7-6-13-15(20(14)24(26)31)9-16-21(18(28)10-17(25)22(16)29)19(13)11-4-3-5-12(27)8-11/h3-6,8,10,14-15,19-20,27H,2,7,9H2,1H3/t14-,15+,19-,20-/m0/s1. The van der Waals surface area contributed by atoms with E-state index in [1.165, 1.54) is 11.0 Å². The van der Waals surface area contributed by atoms with Gasteiger partial charge in [0.1, 0.15) is 5.75 Å². The second kappa shape index (κ2) is 7.12. The number of imide groups is 1. The van der Waals surface area contributed by atoms with E-state index in [1.807, 2.05) is 12.1 Å². The van der Waals surface area contributed by atoms with Crippen LogP contribution in [0.4, 0.5) is 0 Å². The fourth-order valence-electron chi connectivity index (χ4n) is 5.67. The van der Waals surface area contributed by atoms with Crippen molar-refractivity contribution in [3.05, 3.63) is 63.2 Å². The largest absolute Gasteiger partial charge is 0.508 e. The van der Waals surface area contributed by atoms with Crippen molar-refractivity contribution < 1.29 is 24.3 Å². The van der Waals surface area contributed by atoms with Crippen LogP contribution in [0.25, 0.3) is 0 Å². The van der Waals surface area contributed by atoms with E-state index in [2.05, 4.69) is 15.9 Å². The van der Waals surface area contributed by atoms with E-state index in [1.54, 1.807) is 25.1 Å². The Morgan fingerprint density at radius 2 is 1.90 bits per heavy atom. The van der Waals surface area contributed by atoms with Gasteiger partial charge in [0.05, 0.1) is 16.3 Å². The van der Waals surface area contributed by atoms with Crippen molar-refractivity contribution in [2.75, 3.05) is 6.54 Å². The number of fused-ring (bicyclic) bond motifs is 3. The van der Waals surface area contributed by atoms with Crippen LogP contribution in [0.5, 0.6) is 5.75 Å². The number of rotatable bonds is 2. The molecule has 4 atom stereocenters. The maximum absolute atomic E-state index is 13.2. The highest BCUT2D eigenvalue weighted by atomic mass is 79.9. The minimum Gasteiger partial charge on any atom is -0.508 e. The van der Waals surface area contributed by atoms with E-state index in [-0.39, 0.29) is 46.0 Å². The SMILES string of the molecule is CCN1C(=O)[C@H]2[C@H](CC=C3[C@H](c4cccc(O)c4)C4=C(C[C@H]32)C(=O)C(Br)=CC4=O)C1=O. The second-order valence-electron chi connectivity index (χ2n) is 8.41. The van der Waals surface area contributed by atoms with Gasteiger partial charge >= 0.3 is 0 Å². The molecule has 31 heavy (non-hydrogen) atoms. The van der Waals surface area contributed by atoms with Crippen molar-refractivity contribution in [3.63, 3.8) is 0 Å². The summed E-state index contributed by atoms with van der Waals surface area (Å²) in [5.41, 5.74) is 2.38. The van der Waals surface area contributed by atoms with E-state index in [0.717, 1.165) is 5.57 Å². The normalized spacial score (nSPS) is 30.1. The molecule has 1 heterocycles. The number of carbonyl (C=O) groups excluding carboxylic acids is 4. The van der Waals surface area contributed by atoms with E-state index < -0.39 is 17.8 Å². The van der Waals surface area contributed by atoms with Crippen LogP contribution in [0.15, 0.2) is 57.6 Å². The molecule has 1 N–H and O–H groups in total. The Balaban J connectivity index is 1.70. The van der Waals surface area contributed by atoms with Gasteiger partial charge < -0.3 is 5.11 Å². The van der Waals surface area contributed by atoms with Crippen LogP contribution in [0.1, 0.15) is 31.2 Å². The Morgan fingerprint density at radius 3 is 2.61 bits per heavy atom. The van der Waals surface area contributed by atoms with Crippen LogP contribution < -0.4 is 0 Å². The number of carbonyl (C=O) groups is 4. The third-order valence-electron chi connectivity index (χ3n) is 6.94. The van der Waals surface area contributed by atoms with Crippen LogP contribution in [-0.4, -0.2) is 39.9 Å². The quantitative estimate of drug-likeness (QED) is 0.397. The third kappa shape index (κ3) is 2.82. The van der Waals surface area contributed by atoms with Gasteiger partial charge in [-0.3, -0.25) is 24.1 Å². The highest BCUT2D eigenvalue weighted by Crippen LogP contribution is 2.55. The smallest absolute Gasteiger partial charge is 0.233 e. The molecule has 2 amide bonds. The number of allylic oxidation sites excluding steroid dienone is 6. The Kier molecular flexibility index (Phi) is 4.62. The average Bonchev–Trinajstić information content (AvgIpc) is 3.00. The Labute approximate surface area is 187 Å². The molecule has 1 saturated heterocycles. The number of benzene rings is 1. The van der Waals surface area contributed by atoms with Crippen LogP contribution in [0.2, 0.25) is 0 Å². The first kappa shape index (κ1) is 20.1. The van der Waals surface area contributed by atoms with Gasteiger partial charge in [-0.15, -0.1) is 0 Å². The molecule has 0 aromatic heterocycles. The van der Waals surface area contributed by atoms with E-state index >= 15 is 0 Å². The maximum Gasteiger partial charge on any atom is 0.233 e. The topological polar surface area (TPSA) is 91.8 Å². The zero-order valence-electron chi connectivity index (χ0n) is 16.8. The molecule has 7 heteroatoms. The zero-order chi connectivity index (χ0) is 22.0. The molecule has 0 bridgehead atoms. The summed E-state index contributed by atoms with van der Waals surface area (Å²) in [7, 11) is 0. The fraction of sp³-hybridized carbons (Fsp3) is 0.333. The summed E-state index contributed by atoms with van der Waals surface area (Å²) in [6.45, 7) is 2.10. The predicted molar refractivity (Wildman–Crippen MR) is 115 cm³/mol. The summed E-state index contributed by atoms with van der Waals surface area (Å²) in [5, 5.41) is 10.1. The summed E-state index contributed by atoms with van der Waals surface area (Å²) >= 11 is 3.20. The van der Waals surface area contributed by atoms with Gasteiger partial charge in [-0.25, -0.2) is 0 Å². The molecule has 1 fully saturated rings. The molecular weight excluding hydrogens is 462 g/mol. The molecule has 0 unspecified atom stereocenters. The van der Waals surface area contributed by atoms with Crippen LogP contribution >= 0.6 is 15.9 Å². The molecule has 1 aromatic carbocycles. The van der Waals surface area contributed by atoms with Crippen LogP contribution in [0, 0.1) is 17.8 Å². The van der Waals surface area contributed by atoms with E-state index in [4.69, 9.17) is 0 Å². The van der Waals surface area contributed by atoms with E-state index in [9.17, 15) is 24.3 Å². The van der Waals surface area contributed by atoms with Gasteiger partial charge in [0.2, 0.25) is 11.8 Å². The molecule has 0 radical (unpaired) electrons. The number of aromatic hydroxyl groups is 1. The lowest BCUT2D eigenvalue weighted by Gasteiger charge is -2.42. The first-order valence-corrected chi connectivity index (χ1v) is 11.2. The number of hydrogen-bond donors (Lipinski definition) is 1. The molecule has 1 aliphatic heterocycles. The maximum atomic E-state index is 13.2. The third-order valence-corrected chi connectivity index (χ3v) is 7.53. The minimum absolute atomic E-state index is 0.0617. The number of halogens is 1. The lowest BCUT2D eigenvalue weighted by molar-refractivity contribution is -0.139. The fourth-order valence-corrected chi connectivity index (χ4v) is 6.11. The highest BCUT2D eigenvalue weighted by Gasteiger charge is 2.55. The second-order valence-corrected chi connectivity index (χ2v) is 9.26. The van der Waals surface area contributed by atoms with Gasteiger partial charge in [-0.1, -0.05) is 23.8 Å². The van der Waals surface area contributed by atoms with Gasteiger partial charge in [-0.05, 0) is 59.3 Å². The molecule has 3 aliphatic carbocycles. The van der Waals surface area contributed by atoms with Crippen molar-refractivity contribution >= 4 is 39.3 Å². The van der Waals surface area contributed by atoms with Crippen molar-refractivity contribution in [2.24, 2.45) is 17.8 Å². The van der Waals surface area contributed by atoms with Crippen molar-refractivity contribution in [1.82, 2.24) is 4.90 Å². The number of phenols is 1. The Morgan fingerprint density at radius 1 is 1.13 bits per heavy atom. The summed E-state index contributed by atoms with van der Waals surface area (Å²) in [6, 6.07) is 6.66. The van der Waals surface area contributed by atoms with Crippen LogP contribution in [-0.2, 0) is 19.2 Å². The number of Topliss-reactive ketones (excluding diaryl/α,β-unsaturated/α-hetero) is 1. The molecular formula is C24H20BrNO5. The summed E-state index contributed by atoms with van der Waals surface area (Å²) in [4.78, 5) is 53.3. The Hall–Kier alpha value is -2.80. The van der Waals surface area contributed by atoms with Gasteiger partial charge in [0, 0.05) is 29.7 Å². The molecule has 5 rings (SSSR count). The molecule has 0 spiro atoms. The first-order chi connectivity index (χ1) is 14.8. The molecule has 1 aromatic rings. The number of amides is 2. The highest BCUT2D eigenvalue weighted by molar-refractivity contribution is 9.12. The number of phenolic OH excluding ortho intramolecular Hbond substituents is 1. The van der Waals surface area contributed by atoms with Crippen molar-refractivity contribution in [3.8, 4) is 5.75 Å². The zero-order valence-corrected chi connectivity index (χ0v) is 18.4. The summed E-state index contributed by atoms with van der Waals surface area (Å²) in [5.74, 6) is -2.64. The summed E-state index contributed by atoms with van der Waals surface area (Å²) in [6.07, 6.45) is 3.95. The number of ketones is 2. The first-order valence-electron chi connectivity index (χ1n) is 10.4.